The van der Waals surface area contributed by atoms with Crippen molar-refractivity contribution in [1.82, 2.24) is 0 Å². The number of rotatable bonds is 1. The second-order valence-electron chi connectivity index (χ2n) is 8.27. The Kier molecular flexibility index (Phi) is 3.89. The lowest BCUT2D eigenvalue weighted by Gasteiger charge is -2.45. The van der Waals surface area contributed by atoms with Gasteiger partial charge in [-0.15, -0.1) is 0 Å². The molecular formula is C17H31NO2. The second-order valence-corrected chi connectivity index (χ2v) is 8.27. The Morgan fingerprint density at radius 3 is 2.60 bits per heavy atom. The molecule has 116 valence electrons. The molecule has 2 saturated heterocycles. The van der Waals surface area contributed by atoms with E-state index in [2.05, 4.69) is 13.8 Å². The van der Waals surface area contributed by atoms with Crippen molar-refractivity contribution in [2.75, 3.05) is 19.8 Å². The van der Waals surface area contributed by atoms with E-state index in [1.807, 2.05) is 0 Å². The van der Waals surface area contributed by atoms with Crippen LogP contribution < -0.4 is 5.73 Å². The molecule has 0 radical (unpaired) electrons. The largest absolute Gasteiger partial charge is 0.378 e. The molecule has 3 atom stereocenters. The quantitative estimate of drug-likeness (QED) is 0.750. The minimum atomic E-state index is -0.00287. The molecule has 0 amide bonds. The van der Waals surface area contributed by atoms with Crippen LogP contribution in [0.3, 0.4) is 0 Å². The predicted molar refractivity (Wildman–Crippen MR) is 80.6 cm³/mol. The first-order valence-electron chi connectivity index (χ1n) is 8.44. The number of hydrogen-bond donors (Lipinski definition) is 1. The normalized spacial score (nSPS) is 45.5. The predicted octanol–water partition coefficient (Wildman–Crippen LogP) is 3.26. The van der Waals surface area contributed by atoms with E-state index in [0.717, 1.165) is 39.1 Å². The molecule has 1 spiro atoms. The summed E-state index contributed by atoms with van der Waals surface area (Å²) in [6.45, 7) is 7.31. The molecule has 2 heterocycles. The van der Waals surface area contributed by atoms with Crippen LogP contribution in [0.5, 0.6) is 0 Å². The van der Waals surface area contributed by atoms with E-state index in [9.17, 15) is 0 Å². The van der Waals surface area contributed by atoms with Crippen LogP contribution in [0, 0.1) is 11.3 Å². The topological polar surface area (TPSA) is 44.5 Å². The lowest BCUT2D eigenvalue weighted by molar-refractivity contribution is -0.110. The maximum absolute atomic E-state index is 6.91. The third kappa shape index (κ3) is 2.90. The summed E-state index contributed by atoms with van der Waals surface area (Å²) in [4.78, 5) is 0. The Bertz CT molecular complexity index is 349. The molecule has 3 aliphatic rings. The summed E-state index contributed by atoms with van der Waals surface area (Å²) in [5.74, 6) is 0.617. The summed E-state index contributed by atoms with van der Waals surface area (Å²) in [6, 6.07) is 0. The molecule has 2 aliphatic heterocycles. The van der Waals surface area contributed by atoms with Gasteiger partial charge in [0.15, 0.2) is 0 Å². The van der Waals surface area contributed by atoms with Crippen molar-refractivity contribution >= 4 is 0 Å². The van der Waals surface area contributed by atoms with Crippen LogP contribution in [-0.4, -0.2) is 31.0 Å². The van der Waals surface area contributed by atoms with E-state index in [-0.39, 0.29) is 11.1 Å². The van der Waals surface area contributed by atoms with Crippen molar-refractivity contribution in [2.24, 2.45) is 17.1 Å². The van der Waals surface area contributed by atoms with Gasteiger partial charge in [-0.25, -0.2) is 0 Å². The van der Waals surface area contributed by atoms with E-state index in [0.29, 0.717) is 11.3 Å². The molecule has 20 heavy (non-hydrogen) atoms. The van der Waals surface area contributed by atoms with Crippen LogP contribution in [-0.2, 0) is 9.47 Å². The standard InChI is InChI=1S/C17H31NO2/c1-15(2)5-3-6-17(18,8-7-15)14-4-10-20-16(12-14)9-11-19-13-16/h14H,3-13,18H2,1-2H3. The molecule has 3 fully saturated rings. The fourth-order valence-corrected chi connectivity index (χ4v) is 4.51. The maximum Gasteiger partial charge on any atom is 0.0940 e. The average molecular weight is 281 g/mol. The first-order valence-corrected chi connectivity index (χ1v) is 8.44. The van der Waals surface area contributed by atoms with Crippen molar-refractivity contribution in [3.63, 3.8) is 0 Å². The lowest BCUT2D eigenvalue weighted by Crippen LogP contribution is -2.53. The van der Waals surface area contributed by atoms with E-state index in [4.69, 9.17) is 15.2 Å². The number of ether oxygens (including phenoxy) is 2. The highest BCUT2D eigenvalue weighted by Crippen LogP contribution is 2.46. The van der Waals surface area contributed by atoms with Crippen molar-refractivity contribution in [2.45, 2.75) is 76.4 Å². The maximum atomic E-state index is 6.91. The van der Waals surface area contributed by atoms with Gasteiger partial charge < -0.3 is 15.2 Å². The molecule has 0 bridgehead atoms. The highest BCUT2D eigenvalue weighted by molar-refractivity contribution is 5.01. The van der Waals surface area contributed by atoms with Gasteiger partial charge in [-0.1, -0.05) is 20.3 Å². The van der Waals surface area contributed by atoms with Crippen LogP contribution in [0.25, 0.3) is 0 Å². The Hall–Kier alpha value is -0.120. The molecule has 0 aromatic rings. The first kappa shape index (κ1) is 14.8. The Morgan fingerprint density at radius 1 is 1.00 bits per heavy atom. The fraction of sp³-hybridized carbons (Fsp3) is 1.00. The number of hydrogen-bond acceptors (Lipinski definition) is 3. The van der Waals surface area contributed by atoms with Gasteiger partial charge in [-0.2, -0.15) is 0 Å². The smallest absolute Gasteiger partial charge is 0.0940 e. The molecule has 2 N–H and O–H groups in total. The monoisotopic (exact) mass is 281 g/mol. The summed E-state index contributed by atoms with van der Waals surface area (Å²) in [6.07, 6.45) is 9.56. The van der Waals surface area contributed by atoms with Crippen LogP contribution in [0.15, 0.2) is 0 Å². The summed E-state index contributed by atoms with van der Waals surface area (Å²) >= 11 is 0. The van der Waals surface area contributed by atoms with Crippen molar-refractivity contribution in [3.05, 3.63) is 0 Å². The van der Waals surface area contributed by atoms with Crippen molar-refractivity contribution in [3.8, 4) is 0 Å². The van der Waals surface area contributed by atoms with E-state index in [1.54, 1.807) is 0 Å². The summed E-state index contributed by atoms with van der Waals surface area (Å²) in [5, 5.41) is 0. The summed E-state index contributed by atoms with van der Waals surface area (Å²) < 4.78 is 11.7. The average Bonchev–Trinajstić information content (AvgIpc) is 2.78. The molecule has 0 aromatic heterocycles. The second kappa shape index (κ2) is 5.26. The molecular weight excluding hydrogens is 250 g/mol. The highest BCUT2D eigenvalue weighted by atomic mass is 16.6. The van der Waals surface area contributed by atoms with Gasteiger partial charge in [-0.05, 0) is 49.9 Å². The SMILES string of the molecule is CC1(C)CCCC(N)(C2CCOC3(CCOC3)C2)CC1. The van der Waals surface area contributed by atoms with Gasteiger partial charge in [0, 0.05) is 25.2 Å². The van der Waals surface area contributed by atoms with Gasteiger partial charge in [0.25, 0.3) is 0 Å². The Labute approximate surface area is 123 Å². The minimum Gasteiger partial charge on any atom is -0.378 e. The molecule has 3 nitrogen and oxygen atoms in total. The Morgan fingerprint density at radius 2 is 1.85 bits per heavy atom. The first-order chi connectivity index (χ1) is 9.43. The van der Waals surface area contributed by atoms with Gasteiger partial charge >= 0.3 is 0 Å². The van der Waals surface area contributed by atoms with Crippen LogP contribution in [0.2, 0.25) is 0 Å². The van der Waals surface area contributed by atoms with Crippen LogP contribution >= 0.6 is 0 Å². The number of nitrogens with two attached hydrogens (primary N) is 1. The summed E-state index contributed by atoms with van der Waals surface area (Å²) in [7, 11) is 0. The zero-order valence-corrected chi connectivity index (χ0v) is 13.2. The molecule has 3 unspecified atom stereocenters. The third-order valence-electron chi connectivity index (χ3n) is 6.14. The highest BCUT2D eigenvalue weighted by Gasteiger charge is 2.47. The molecule has 1 saturated carbocycles. The van der Waals surface area contributed by atoms with Gasteiger partial charge in [-0.3, -0.25) is 0 Å². The van der Waals surface area contributed by atoms with Crippen LogP contribution in [0.1, 0.15) is 65.2 Å². The fourth-order valence-electron chi connectivity index (χ4n) is 4.51. The van der Waals surface area contributed by atoms with E-state index >= 15 is 0 Å². The van der Waals surface area contributed by atoms with Gasteiger partial charge in [0.1, 0.15) is 0 Å². The molecule has 3 rings (SSSR count). The Balaban J connectivity index is 1.70. The summed E-state index contributed by atoms with van der Waals surface area (Å²) in [5.41, 5.74) is 7.41. The van der Waals surface area contributed by atoms with Gasteiger partial charge in [0.2, 0.25) is 0 Å². The molecule has 1 aliphatic carbocycles. The lowest BCUT2D eigenvalue weighted by atomic mass is 9.70. The zero-order chi connectivity index (χ0) is 14.3. The van der Waals surface area contributed by atoms with Crippen LogP contribution in [0.4, 0.5) is 0 Å². The van der Waals surface area contributed by atoms with Crippen molar-refractivity contribution in [1.29, 1.82) is 0 Å². The zero-order valence-electron chi connectivity index (χ0n) is 13.2. The van der Waals surface area contributed by atoms with Crippen molar-refractivity contribution < 1.29 is 9.47 Å². The third-order valence-corrected chi connectivity index (χ3v) is 6.14. The van der Waals surface area contributed by atoms with E-state index in [1.165, 1.54) is 32.1 Å². The molecule has 3 heteroatoms. The van der Waals surface area contributed by atoms with Gasteiger partial charge in [0.05, 0.1) is 12.2 Å². The molecule has 0 aromatic carbocycles. The van der Waals surface area contributed by atoms with E-state index < -0.39 is 0 Å². The minimum absolute atomic E-state index is 0.00287.